The second-order valence-electron chi connectivity index (χ2n) is 4.30. The largest absolute Gasteiger partial charge is 0.307 e. The van der Waals surface area contributed by atoms with Crippen molar-refractivity contribution in [2.75, 3.05) is 0 Å². The molecule has 0 spiro atoms. The summed E-state index contributed by atoms with van der Waals surface area (Å²) in [5.74, 6) is 0.542. The summed E-state index contributed by atoms with van der Waals surface area (Å²) in [7, 11) is 0. The van der Waals surface area contributed by atoms with Crippen LogP contribution >= 0.6 is 11.3 Å². The molecule has 2 nitrogen and oxygen atoms in total. The molecule has 0 aliphatic rings. The van der Waals surface area contributed by atoms with Crippen LogP contribution in [0, 0.1) is 0 Å². The summed E-state index contributed by atoms with van der Waals surface area (Å²) >= 11 is 1.82. The van der Waals surface area contributed by atoms with E-state index in [-0.39, 0.29) is 0 Å². The van der Waals surface area contributed by atoms with Gasteiger partial charge in [-0.05, 0) is 6.92 Å². The fourth-order valence-electron chi connectivity index (χ4n) is 1.35. The van der Waals surface area contributed by atoms with Crippen LogP contribution < -0.4 is 5.32 Å². The van der Waals surface area contributed by atoms with Gasteiger partial charge >= 0.3 is 0 Å². The SMILES string of the molecule is CC(C)NC(C)c1cnc(C(C)C)s1. The quantitative estimate of drug-likeness (QED) is 0.828. The fraction of sp³-hybridized carbons (Fsp3) is 0.727. The molecule has 1 N–H and O–H groups in total. The van der Waals surface area contributed by atoms with Crippen LogP contribution in [0.3, 0.4) is 0 Å². The van der Waals surface area contributed by atoms with Gasteiger partial charge in [-0.3, -0.25) is 0 Å². The molecule has 0 bridgehead atoms. The van der Waals surface area contributed by atoms with Crippen LogP contribution in [0.2, 0.25) is 0 Å². The molecule has 80 valence electrons. The monoisotopic (exact) mass is 212 g/mol. The number of hydrogen-bond donors (Lipinski definition) is 1. The van der Waals surface area contributed by atoms with Crippen LogP contribution in [0.4, 0.5) is 0 Å². The number of aromatic nitrogens is 1. The second-order valence-corrected chi connectivity index (χ2v) is 5.39. The molecule has 14 heavy (non-hydrogen) atoms. The average molecular weight is 212 g/mol. The van der Waals surface area contributed by atoms with Gasteiger partial charge in [0.25, 0.3) is 0 Å². The average Bonchev–Trinajstić information content (AvgIpc) is 2.50. The third-order valence-electron chi connectivity index (χ3n) is 2.05. The van der Waals surface area contributed by atoms with Gasteiger partial charge < -0.3 is 5.32 Å². The van der Waals surface area contributed by atoms with Crippen molar-refractivity contribution in [2.45, 2.75) is 52.6 Å². The van der Waals surface area contributed by atoms with Gasteiger partial charge in [0.2, 0.25) is 0 Å². The molecule has 0 saturated heterocycles. The van der Waals surface area contributed by atoms with E-state index in [2.05, 4.69) is 44.9 Å². The zero-order valence-corrected chi connectivity index (χ0v) is 10.5. The van der Waals surface area contributed by atoms with Crippen molar-refractivity contribution in [3.05, 3.63) is 16.1 Å². The Morgan fingerprint density at radius 1 is 1.21 bits per heavy atom. The molecule has 1 atom stereocenters. The van der Waals surface area contributed by atoms with Crippen LogP contribution in [0.1, 0.15) is 56.5 Å². The van der Waals surface area contributed by atoms with Crippen LogP contribution in [-0.2, 0) is 0 Å². The van der Waals surface area contributed by atoms with E-state index in [4.69, 9.17) is 0 Å². The third kappa shape index (κ3) is 3.07. The van der Waals surface area contributed by atoms with Crippen molar-refractivity contribution >= 4 is 11.3 Å². The number of nitrogens with one attached hydrogen (secondary N) is 1. The summed E-state index contributed by atoms with van der Waals surface area (Å²) in [5, 5.41) is 4.72. The molecule has 1 unspecified atom stereocenters. The van der Waals surface area contributed by atoms with E-state index in [0.717, 1.165) is 0 Å². The van der Waals surface area contributed by atoms with Gasteiger partial charge in [0.15, 0.2) is 0 Å². The van der Waals surface area contributed by atoms with Gasteiger partial charge in [0.1, 0.15) is 0 Å². The second kappa shape index (κ2) is 4.89. The first-order valence-corrected chi connectivity index (χ1v) is 6.04. The Morgan fingerprint density at radius 3 is 2.29 bits per heavy atom. The Morgan fingerprint density at radius 2 is 1.86 bits per heavy atom. The standard InChI is InChI=1S/C11H20N2S/c1-7(2)11-12-6-10(14-11)9(5)13-8(3)4/h6-9,13H,1-5H3. The number of rotatable bonds is 4. The molecule has 1 rings (SSSR count). The van der Waals surface area contributed by atoms with E-state index >= 15 is 0 Å². The van der Waals surface area contributed by atoms with Crippen LogP contribution in [0.25, 0.3) is 0 Å². The lowest BCUT2D eigenvalue weighted by Crippen LogP contribution is -2.25. The Balaban J connectivity index is 2.66. The summed E-state index contributed by atoms with van der Waals surface area (Å²) in [5.41, 5.74) is 0. The molecule has 0 aliphatic carbocycles. The molecule has 1 aromatic rings. The zero-order valence-electron chi connectivity index (χ0n) is 9.66. The minimum absolute atomic E-state index is 0.417. The van der Waals surface area contributed by atoms with E-state index in [1.165, 1.54) is 9.88 Å². The third-order valence-corrected chi connectivity index (χ3v) is 3.53. The Bertz CT molecular complexity index is 279. The highest BCUT2D eigenvalue weighted by atomic mass is 32.1. The Labute approximate surface area is 90.8 Å². The van der Waals surface area contributed by atoms with Gasteiger partial charge in [0, 0.05) is 29.1 Å². The van der Waals surface area contributed by atoms with Crippen molar-refractivity contribution in [1.29, 1.82) is 0 Å². The summed E-state index contributed by atoms with van der Waals surface area (Å²) in [6.07, 6.45) is 2.00. The van der Waals surface area contributed by atoms with Crippen molar-refractivity contribution < 1.29 is 0 Å². The van der Waals surface area contributed by atoms with Crippen molar-refractivity contribution in [1.82, 2.24) is 10.3 Å². The maximum atomic E-state index is 4.42. The van der Waals surface area contributed by atoms with Crippen LogP contribution in [-0.4, -0.2) is 11.0 Å². The fourth-order valence-corrected chi connectivity index (χ4v) is 2.28. The van der Waals surface area contributed by atoms with E-state index in [0.29, 0.717) is 18.0 Å². The predicted octanol–water partition coefficient (Wildman–Crippen LogP) is 3.33. The lowest BCUT2D eigenvalue weighted by Gasteiger charge is -2.14. The lowest BCUT2D eigenvalue weighted by atomic mass is 10.2. The lowest BCUT2D eigenvalue weighted by molar-refractivity contribution is 0.511. The Kier molecular flexibility index (Phi) is 4.08. The zero-order chi connectivity index (χ0) is 10.7. The first-order valence-electron chi connectivity index (χ1n) is 5.22. The van der Waals surface area contributed by atoms with Crippen LogP contribution in [0.5, 0.6) is 0 Å². The van der Waals surface area contributed by atoms with E-state index < -0.39 is 0 Å². The van der Waals surface area contributed by atoms with Gasteiger partial charge in [0.05, 0.1) is 5.01 Å². The molecule has 0 saturated carbocycles. The minimum atomic E-state index is 0.417. The summed E-state index contributed by atoms with van der Waals surface area (Å²) in [6, 6.07) is 0.939. The maximum Gasteiger partial charge on any atom is 0.0953 e. The molecular formula is C11H20N2S. The van der Waals surface area contributed by atoms with Gasteiger partial charge in [-0.1, -0.05) is 27.7 Å². The first kappa shape index (κ1) is 11.7. The minimum Gasteiger partial charge on any atom is -0.307 e. The predicted molar refractivity (Wildman–Crippen MR) is 62.9 cm³/mol. The van der Waals surface area contributed by atoms with E-state index in [1.54, 1.807) is 0 Å². The summed E-state index contributed by atoms with van der Waals surface area (Å²) in [4.78, 5) is 5.76. The molecule has 3 heteroatoms. The Hall–Kier alpha value is -0.410. The van der Waals surface area contributed by atoms with E-state index in [1.807, 2.05) is 17.5 Å². The summed E-state index contributed by atoms with van der Waals surface area (Å²) in [6.45, 7) is 10.9. The molecule has 1 heterocycles. The molecule has 0 fully saturated rings. The van der Waals surface area contributed by atoms with Crippen molar-refractivity contribution in [3.63, 3.8) is 0 Å². The molecule has 0 radical (unpaired) electrons. The molecule has 0 aliphatic heterocycles. The highest BCUT2D eigenvalue weighted by Gasteiger charge is 2.11. The number of nitrogens with zero attached hydrogens (tertiary/aromatic N) is 1. The first-order chi connectivity index (χ1) is 6.50. The number of hydrogen-bond acceptors (Lipinski definition) is 3. The normalized spacial score (nSPS) is 13.9. The van der Waals surface area contributed by atoms with Crippen LogP contribution in [0.15, 0.2) is 6.20 Å². The van der Waals surface area contributed by atoms with Crippen molar-refractivity contribution in [2.24, 2.45) is 0 Å². The molecule has 1 aromatic heterocycles. The van der Waals surface area contributed by atoms with E-state index in [9.17, 15) is 0 Å². The topological polar surface area (TPSA) is 24.9 Å². The van der Waals surface area contributed by atoms with Gasteiger partial charge in [-0.15, -0.1) is 11.3 Å². The summed E-state index contributed by atoms with van der Waals surface area (Å²) < 4.78 is 0. The molecular weight excluding hydrogens is 192 g/mol. The van der Waals surface area contributed by atoms with Crippen molar-refractivity contribution in [3.8, 4) is 0 Å². The molecule has 0 amide bonds. The smallest absolute Gasteiger partial charge is 0.0953 e. The van der Waals surface area contributed by atoms with Gasteiger partial charge in [-0.25, -0.2) is 4.98 Å². The molecule has 0 aromatic carbocycles. The van der Waals surface area contributed by atoms with Gasteiger partial charge in [-0.2, -0.15) is 0 Å². The maximum absolute atomic E-state index is 4.42. The highest BCUT2D eigenvalue weighted by Crippen LogP contribution is 2.25. The number of thiazole rings is 1. The highest BCUT2D eigenvalue weighted by molar-refractivity contribution is 7.11.